The molecule has 9 heteroatoms. The molecule has 0 saturated carbocycles. The summed E-state index contributed by atoms with van der Waals surface area (Å²) in [5.41, 5.74) is 2.91. The fourth-order valence-corrected chi connectivity index (χ4v) is 6.90. The molecule has 0 saturated heterocycles. The standard InChI is InChI=1S/C36H33N3O5S/c1-6-38(7-2)35(42)31-21(3)37-36-39(33(31)32-27-11-9-8-10-24(27)16-18-29(32)43-5)34(41)30(45-36)20-26-17-19-28(44-26)25-14-12-23(13-15-25)22(4)40/h8-20,33H,6-7H2,1-5H3/b30-20+/t33-/m0/s1. The Hall–Kier alpha value is -5.02. The van der Waals surface area contributed by atoms with Crippen LogP contribution in [0.15, 0.2) is 98.3 Å². The van der Waals surface area contributed by atoms with Crippen molar-refractivity contribution in [1.29, 1.82) is 0 Å². The second-order valence-electron chi connectivity index (χ2n) is 10.8. The van der Waals surface area contributed by atoms with E-state index in [-0.39, 0.29) is 17.2 Å². The second-order valence-corrected chi connectivity index (χ2v) is 11.8. The number of hydrogen-bond donors (Lipinski definition) is 0. The van der Waals surface area contributed by atoms with Gasteiger partial charge in [0.05, 0.1) is 22.9 Å². The number of ether oxygens (including phenoxy) is 1. The molecule has 1 amide bonds. The van der Waals surface area contributed by atoms with Gasteiger partial charge < -0.3 is 14.1 Å². The average Bonchev–Trinajstić information content (AvgIpc) is 3.64. The molecule has 228 valence electrons. The average molecular weight is 620 g/mol. The molecule has 1 aliphatic heterocycles. The lowest BCUT2D eigenvalue weighted by atomic mass is 9.90. The highest BCUT2D eigenvalue weighted by molar-refractivity contribution is 7.07. The van der Waals surface area contributed by atoms with E-state index in [0.717, 1.165) is 21.9 Å². The van der Waals surface area contributed by atoms with Crippen molar-refractivity contribution >= 4 is 39.9 Å². The highest BCUT2D eigenvalue weighted by Crippen LogP contribution is 2.40. The van der Waals surface area contributed by atoms with E-state index in [1.54, 1.807) is 40.9 Å². The van der Waals surface area contributed by atoms with Crippen LogP contribution in [0.4, 0.5) is 0 Å². The van der Waals surface area contributed by atoms with E-state index < -0.39 is 6.04 Å². The van der Waals surface area contributed by atoms with Gasteiger partial charge >= 0.3 is 0 Å². The van der Waals surface area contributed by atoms with Crippen molar-refractivity contribution in [3.05, 3.63) is 121 Å². The number of likely N-dealkylation sites (N-methyl/N-ethyl adjacent to an activating group) is 1. The van der Waals surface area contributed by atoms with Crippen molar-refractivity contribution in [1.82, 2.24) is 9.47 Å². The van der Waals surface area contributed by atoms with Gasteiger partial charge in [0.15, 0.2) is 10.6 Å². The zero-order valence-corrected chi connectivity index (χ0v) is 26.6. The van der Waals surface area contributed by atoms with E-state index in [4.69, 9.17) is 14.1 Å². The number of ketones is 1. The van der Waals surface area contributed by atoms with Crippen LogP contribution >= 0.6 is 11.3 Å². The Morgan fingerprint density at radius 2 is 1.76 bits per heavy atom. The molecule has 3 aromatic carbocycles. The summed E-state index contributed by atoms with van der Waals surface area (Å²) in [5, 5.41) is 1.86. The maximum absolute atomic E-state index is 14.3. The summed E-state index contributed by atoms with van der Waals surface area (Å²) in [6.45, 7) is 8.28. The Kier molecular flexibility index (Phi) is 8.12. The highest BCUT2D eigenvalue weighted by Gasteiger charge is 2.36. The molecule has 45 heavy (non-hydrogen) atoms. The molecule has 1 aliphatic rings. The van der Waals surface area contributed by atoms with Gasteiger partial charge in [-0.1, -0.05) is 65.9 Å². The van der Waals surface area contributed by atoms with E-state index >= 15 is 0 Å². The first kappa shape index (κ1) is 30.0. The number of methoxy groups -OCH3 is 1. The number of carbonyl (C=O) groups excluding carboxylic acids is 2. The van der Waals surface area contributed by atoms with E-state index in [1.807, 2.05) is 75.4 Å². The van der Waals surface area contributed by atoms with Crippen molar-refractivity contribution in [2.24, 2.45) is 4.99 Å². The SMILES string of the molecule is CCN(CC)C(=O)C1=C(C)N=c2s/c(=C/c3ccc(-c4ccc(C(C)=O)cc4)o3)c(=O)n2[C@@H]1c1c(OC)ccc2ccccc12. The second kappa shape index (κ2) is 12.2. The van der Waals surface area contributed by atoms with Crippen LogP contribution in [-0.4, -0.2) is 41.4 Å². The van der Waals surface area contributed by atoms with Crippen LogP contribution < -0.4 is 19.6 Å². The Morgan fingerprint density at radius 1 is 1.02 bits per heavy atom. The van der Waals surface area contributed by atoms with Crippen molar-refractivity contribution in [2.75, 3.05) is 20.2 Å². The number of hydrogen-bond acceptors (Lipinski definition) is 7. The zero-order valence-electron chi connectivity index (χ0n) is 25.8. The van der Waals surface area contributed by atoms with Gasteiger partial charge in [0, 0.05) is 35.9 Å². The van der Waals surface area contributed by atoms with E-state index in [1.165, 1.54) is 18.3 Å². The summed E-state index contributed by atoms with van der Waals surface area (Å²) < 4.78 is 14.0. The Bertz CT molecular complexity index is 2160. The van der Waals surface area contributed by atoms with Gasteiger partial charge in [0.1, 0.15) is 23.3 Å². The number of rotatable bonds is 8. The number of Topliss-reactive ketones (excluding diaryl/α,β-unsaturated/α-hetero) is 1. The van der Waals surface area contributed by atoms with Crippen molar-refractivity contribution in [3.63, 3.8) is 0 Å². The van der Waals surface area contributed by atoms with E-state index in [0.29, 0.717) is 56.5 Å². The minimum absolute atomic E-state index is 0.00586. The van der Waals surface area contributed by atoms with Crippen LogP contribution in [0.25, 0.3) is 28.2 Å². The summed E-state index contributed by atoms with van der Waals surface area (Å²) >= 11 is 1.25. The van der Waals surface area contributed by atoms with Crippen molar-refractivity contribution in [3.8, 4) is 17.1 Å². The van der Waals surface area contributed by atoms with Crippen LogP contribution in [0.1, 0.15) is 55.4 Å². The summed E-state index contributed by atoms with van der Waals surface area (Å²) in [7, 11) is 1.60. The normalized spacial score (nSPS) is 14.8. The molecular weight excluding hydrogens is 586 g/mol. The predicted octanol–water partition coefficient (Wildman–Crippen LogP) is 5.73. The third-order valence-electron chi connectivity index (χ3n) is 8.20. The summed E-state index contributed by atoms with van der Waals surface area (Å²) in [6.07, 6.45) is 1.71. The number of allylic oxidation sites excluding steroid dienone is 1. The molecule has 0 unspecified atom stereocenters. The largest absolute Gasteiger partial charge is 0.496 e. The van der Waals surface area contributed by atoms with Gasteiger partial charge in [0.2, 0.25) is 0 Å². The van der Waals surface area contributed by atoms with Gasteiger partial charge in [-0.25, -0.2) is 4.99 Å². The van der Waals surface area contributed by atoms with Gasteiger partial charge in [-0.2, -0.15) is 0 Å². The molecule has 6 rings (SSSR count). The first-order chi connectivity index (χ1) is 21.7. The number of benzene rings is 3. The molecule has 0 aliphatic carbocycles. The lowest BCUT2D eigenvalue weighted by Gasteiger charge is -2.30. The molecule has 3 heterocycles. The molecule has 0 spiro atoms. The summed E-state index contributed by atoms with van der Waals surface area (Å²) in [4.78, 5) is 47.2. The minimum atomic E-state index is -0.760. The van der Waals surface area contributed by atoms with Crippen LogP contribution in [0.5, 0.6) is 5.75 Å². The molecule has 5 aromatic rings. The molecule has 0 fully saturated rings. The fourth-order valence-electron chi connectivity index (χ4n) is 5.87. The quantitative estimate of drug-likeness (QED) is 0.207. The first-order valence-corrected chi connectivity index (χ1v) is 15.7. The van der Waals surface area contributed by atoms with E-state index in [9.17, 15) is 14.4 Å². The number of furan rings is 1. The number of thiazole rings is 1. The Morgan fingerprint density at radius 3 is 2.44 bits per heavy atom. The van der Waals surface area contributed by atoms with Crippen LogP contribution in [0.3, 0.4) is 0 Å². The molecule has 8 nitrogen and oxygen atoms in total. The lowest BCUT2D eigenvalue weighted by molar-refractivity contribution is -0.127. The third-order valence-corrected chi connectivity index (χ3v) is 9.19. The summed E-state index contributed by atoms with van der Waals surface area (Å²) in [5.74, 6) is 1.53. The third kappa shape index (κ3) is 5.33. The summed E-state index contributed by atoms with van der Waals surface area (Å²) in [6, 6.07) is 21.8. The first-order valence-electron chi connectivity index (χ1n) is 14.8. The van der Waals surface area contributed by atoms with Crippen molar-refractivity contribution in [2.45, 2.75) is 33.7 Å². The Labute approximate surface area is 264 Å². The number of fused-ring (bicyclic) bond motifs is 2. The number of amides is 1. The van der Waals surface area contributed by atoms with Crippen LogP contribution in [-0.2, 0) is 4.79 Å². The molecular formula is C36H33N3O5S. The van der Waals surface area contributed by atoms with Gasteiger partial charge in [-0.05, 0) is 56.7 Å². The van der Waals surface area contributed by atoms with Crippen LogP contribution in [0, 0.1) is 0 Å². The molecule has 0 N–H and O–H groups in total. The maximum Gasteiger partial charge on any atom is 0.271 e. The molecule has 0 radical (unpaired) electrons. The highest BCUT2D eigenvalue weighted by atomic mass is 32.1. The number of nitrogens with zero attached hydrogens (tertiary/aromatic N) is 3. The van der Waals surface area contributed by atoms with Crippen molar-refractivity contribution < 1.29 is 18.7 Å². The predicted molar refractivity (Wildman–Crippen MR) is 176 cm³/mol. The topological polar surface area (TPSA) is 94.1 Å². The Balaban J connectivity index is 1.54. The van der Waals surface area contributed by atoms with Crippen LogP contribution in [0.2, 0.25) is 0 Å². The minimum Gasteiger partial charge on any atom is -0.496 e. The molecule has 2 aromatic heterocycles. The maximum atomic E-state index is 14.3. The van der Waals surface area contributed by atoms with Gasteiger partial charge in [-0.15, -0.1) is 0 Å². The lowest BCUT2D eigenvalue weighted by Crippen LogP contribution is -2.43. The van der Waals surface area contributed by atoms with E-state index in [2.05, 4.69) is 0 Å². The smallest absolute Gasteiger partial charge is 0.271 e. The molecule has 0 bridgehead atoms. The number of carbonyl (C=O) groups is 2. The van der Waals surface area contributed by atoms with Gasteiger partial charge in [-0.3, -0.25) is 19.0 Å². The fraction of sp³-hybridized carbons (Fsp3) is 0.222. The monoisotopic (exact) mass is 619 g/mol. The number of aromatic nitrogens is 1. The van der Waals surface area contributed by atoms with Gasteiger partial charge in [0.25, 0.3) is 11.5 Å². The zero-order chi connectivity index (χ0) is 31.8. The molecule has 1 atom stereocenters.